The van der Waals surface area contributed by atoms with Crippen LogP contribution in [0, 0.1) is 16.7 Å². The predicted octanol–water partition coefficient (Wildman–Crippen LogP) is 0.323. The monoisotopic (exact) mass is 199 g/mol. The minimum Gasteiger partial charge on any atom is -0.368 e. The summed E-state index contributed by atoms with van der Waals surface area (Å²) in [6.07, 6.45) is 1.61. The van der Waals surface area contributed by atoms with E-state index in [2.05, 4.69) is 11.5 Å². The Labute approximate surface area is 84.2 Å². The van der Waals surface area contributed by atoms with Gasteiger partial charge in [-0.05, 0) is 26.7 Å². The topological polar surface area (TPSA) is 88.1 Å². The lowest BCUT2D eigenvalue weighted by atomic mass is 9.90. The number of nitrogens with zero attached hydrogens (tertiary/aromatic N) is 1. The summed E-state index contributed by atoms with van der Waals surface area (Å²) in [6.45, 7) is 4.26. The van der Waals surface area contributed by atoms with E-state index in [1.165, 1.54) is 0 Å². The minimum absolute atomic E-state index is 0.123. The molecular weight excluding hydrogens is 182 g/mol. The summed E-state index contributed by atoms with van der Waals surface area (Å²) in [6, 6.07) is 2.21. The van der Waals surface area contributed by atoms with Gasteiger partial charge in [-0.1, -0.05) is 0 Å². The van der Waals surface area contributed by atoms with Crippen LogP contribution in [0.1, 0.15) is 26.7 Å². The molecule has 3 N–H and O–H groups in total. The van der Waals surface area contributed by atoms with Gasteiger partial charge >= 0.3 is 0 Å². The number of nitriles is 1. The molecule has 0 aliphatic rings. The Hall–Kier alpha value is -1.12. The van der Waals surface area contributed by atoms with Gasteiger partial charge < -0.3 is 5.73 Å². The van der Waals surface area contributed by atoms with Crippen molar-refractivity contribution >= 4 is 5.91 Å². The van der Waals surface area contributed by atoms with Gasteiger partial charge in [-0.2, -0.15) is 5.26 Å². The van der Waals surface area contributed by atoms with Crippen molar-refractivity contribution in [1.82, 2.24) is 5.48 Å². The molecule has 0 spiro atoms. The largest absolute Gasteiger partial charge is 0.368 e. The smallest absolute Gasteiger partial charge is 0.245 e. The fourth-order valence-electron chi connectivity index (χ4n) is 0.853. The second-order valence-electron chi connectivity index (χ2n) is 3.75. The number of nitrogens with two attached hydrogens (primary N) is 1. The van der Waals surface area contributed by atoms with Crippen LogP contribution in [0.25, 0.3) is 0 Å². The molecule has 0 unspecified atom stereocenters. The van der Waals surface area contributed by atoms with Crippen molar-refractivity contribution in [2.75, 3.05) is 13.2 Å². The molecule has 80 valence electrons. The van der Waals surface area contributed by atoms with Gasteiger partial charge in [-0.3, -0.25) is 9.63 Å². The highest BCUT2D eigenvalue weighted by Crippen LogP contribution is 2.19. The lowest BCUT2D eigenvalue weighted by molar-refractivity contribution is -0.125. The van der Waals surface area contributed by atoms with Gasteiger partial charge in [-0.15, -0.1) is 0 Å². The number of amides is 1. The molecular formula is C9H17N3O2. The number of hydrogen-bond donors (Lipinski definition) is 2. The van der Waals surface area contributed by atoms with Gasteiger partial charge in [0.2, 0.25) is 5.91 Å². The standard InChI is InChI=1S/C9H17N3O2/c1-9(2,7-10)4-3-5-12-14-6-8(11)13/h12H,3-6H2,1-2H3,(H2,11,13). The summed E-state index contributed by atoms with van der Waals surface area (Å²) in [7, 11) is 0. The number of rotatable bonds is 7. The first-order valence-corrected chi connectivity index (χ1v) is 4.52. The van der Waals surface area contributed by atoms with Crippen molar-refractivity contribution < 1.29 is 9.63 Å². The summed E-state index contributed by atoms with van der Waals surface area (Å²) in [4.78, 5) is 15.0. The van der Waals surface area contributed by atoms with Crippen molar-refractivity contribution in [3.8, 4) is 6.07 Å². The van der Waals surface area contributed by atoms with E-state index in [1.807, 2.05) is 13.8 Å². The number of carbonyl (C=O) groups is 1. The Morgan fingerprint density at radius 3 is 2.79 bits per heavy atom. The van der Waals surface area contributed by atoms with E-state index in [-0.39, 0.29) is 12.0 Å². The molecule has 0 aromatic rings. The Morgan fingerprint density at radius 2 is 2.29 bits per heavy atom. The maximum Gasteiger partial charge on any atom is 0.245 e. The third-order valence-electron chi connectivity index (χ3n) is 1.70. The summed E-state index contributed by atoms with van der Waals surface area (Å²) in [5.74, 6) is -0.505. The van der Waals surface area contributed by atoms with E-state index in [4.69, 9.17) is 15.8 Å². The molecule has 5 heteroatoms. The molecule has 0 bridgehead atoms. The molecule has 0 saturated carbocycles. The minimum atomic E-state index is -0.505. The highest BCUT2D eigenvalue weighted by atomic mass is 16.6. The maximum atomic E-state index is 10.3. The first-order valence-electron chi connectivity index (χ1n) is 4.52. The summed E-state index contributed by atoms with van der Waals surface area (Å²) >= 11 is 0. The zero-order valence-corrected chi connectivity index (χ0v) is 8.67. The molecule has 0 fully saturated rings. The number of nitrogens with one attached hydrogen (secondary N) is 1. The number of primary amides is 1. The summed E-state index contributed by atoms with van der Waals surface area (Å²) < 4.78 is 0. The Morgan fingerprint density at radius 1 is 1.64 bits per heavy atom. The average Bonchev–Trinajstić information content (AvgIpc) is 2.10. The second kappa shape index (κ2) is 6.35. The van der Waals surface area contributed by atoms with Crippen molar-refractivity contribution in [3.05, 3.63) is 0 Å². The van der Waals surface area contributed by atoms with Gasteiger partial charge in [0.05, 0.1) is 11.5 Å². The Bertz CT molecular complexity index is 221. The van der Waals surface area contributed by atoms with Gasteiger partial charge in [0.1, 0.15) is 6.61 Å². The summed E-state index contributed by atoms with van der Waals surface area (Å²) in [5, 5.41) is 8.71. The van der Waals surface area contributed by atoms with Crippen molar-refractivity contribution in [3.63, 3.8) is 0 Å². The van der Waals surface area contributed by atoms with Crippen molar-refractivity contribution in [2.45, 2.75) is 26.7 Å². The molecule has 5 nitrogen and oxygen atoms in total. The third-order valence-corrected chi connectivity index (χ3v) is 1.70. The predicted molar refractivity (Wildman–Crippen MR) is 51.8 cm³/mol. The highest BCUT2D eigenvalue weighted by Gasteiger charge is 2.15. The van der Waals surface area contributed by atoms with Crippen molar-refractivity contribution in [2.24, 2.45) is 11.1 Å². The fourth-order valence-corrected chi connectivity index (χ4v) is 0.853. The van der Waals surface area contributed by atoms with Crippen LogP contribution in [0.3, 0.4) is 0 Å². The highest BCUT2D eigenvalue weighted by molar-refractivity contribution is 5.74. The summed E-state index contributed by atoms with van der Waals surface area (Å²) in [5.41, 5.74) is 7.15. The molecule has 0 heterocycles. The van der Waals surface area contributed by atoms with E-state index in [9.17, 15) is 4.79 Å². The van der Waals surface area contributed by atoms with Crippen LogP contribution >= 0.6 is 0 Å². The second-order valence-corrected chi connectivity index (χ2v) is 3.75. The average molecular weight is 199 g/mol. The molecule has 1 amide bonds. The van der Waals surface area contributed by atoms with Crippen LogP contribution in [0.2, 0.25) is 0 Å². The van der Waals surface area contributed by atoms with E-state index < -0.39 is 5.91 Å². The van der Waals surface area contributed by atoms with Gasteiger partial charge in [0.15, 0.2) is 0 Å². The molecule has 0 aromatic carbocycles. The molecule has 14 heavy (non-hydrogen) atoms. The van der Waals surface area contributed by atoms with E-state index in [0.717, 1.165) is 12.8 Å². The quantitative estimate of drug-likeness (QED) is 0.456. The molecule has 0 atom stereocenters. The van der Waals surface area contributed by atoms with Crippen LogP contribution in [0.15, 0.2) is 0 Å². The van der Waals surface area contributed by atoms with Crippen LogP contribution < -0.4 is 11.2 Å². The molecule has 0 saturated heterocycles. The zero-order chi connectivity index (χ0) is 11.0. The molecule has 0 radical (unpaired) electrons. The molecule has 0 aliphatic carbocycles. The third kappa shape index (κ3) is 7.53. The van der Waals surface area contributed by atoms with E-state index >= 15 is 0 Å². The lowest BCUT2D eigenvalue weighted by Gasteiger charge is -2.14. The Balaban J connectivity index is 3.31. The van der Waals surface area contributed by atoms with Gasteiger partial charge in [-0.25, -0.2) is 5.48 Å². The number of carbonyl (C=O) groups excluding carboxylic acids is 1. The van der Waals surface area contributed by atoms with Crippen LogP contribution in [-0.4, -0.2) is 19.1 Å². The van der Waals surface area contributed by atoms with Gasteiger partial charge in [0, 0.05) is 6.54 Å². The van der Waals surface area contributed by atoms with Crippen LogP contribution in [-0.2, 0) is 9.63 Å². The fraction of sp³-hybridized carbons (Fsp3) is 0.778. The van der Waals surface area contributed by atoms with Gasteiger partial charge in [0.25, 0.3) is 0 Å². The van der Waals surface area contributed by atoms with Crippen LogP contribution in [0.4, 0.5) is 0 Å². The van der Waals surface area contributed by atoms with E-state index in [0.29, 0.717) is 6.54 Å². The molecule has 0 aliphatic heterocycles. The number of hydrogen-bond acceptors (Lipinski definition) is 4. The van der Waals surface area contributed by atoms with Crippen LogP contribution in [0.5, 0.6) is 0 Å². The normalized spacial score (nSPS) is 10.9. The lowest BCUT2D eigenvalue weighted by Crippen LogP contribution is -2.26. The first-order chi connectivity index (χ1) is 6.48. The molecule has 0 aromatic heterocycles. The maximum absolute atomic E-state index is 10.3. The molecule has 0 rings (SSSR count). The first kappa shape index (κ1) is 12.9. The zero-order valence-electron chi connectivity index (χ0n) is 8.67. The SMILES string of the molecule is CC(C)(C#N)CCCNOCC(N)=O. The Kier molecular flexibility index (Phi) is 5.84. The van der Waals surface area contributed by atoms with E-state index in [1.54, 1.807) is 0 Å². The van der Waals surface area contributed by atoms with Crippen molar-refractivity contribution in [1.29, 1.82) is 5.26 Å². The number of hydroxylamine groups is 1.